The highest BCUT2D eigenvalue weighted by Gasteiger charge is 2.19. The first-order valence-electron chi connectivity index (χ1n) is 8.97. The molecule has 1 saturated heterocycles. The Balaban J connectivity index is 1.39. The molecule has 1 aromatic heterocycles. The molecule has 5 nitrogen and oxygen atoms in total. The zero-order valence-corrected chi connectivity index (χ0v) is 16.0. The molecule has 1 aromatic carbocycles. The van der Waals surface area contributed by atoms with Crippen LogP contribution >= 0.6 is 11.8 Å². The van der Waals surface area contributed by atoms with Gasteiger partial charge in [0.1, 0.15) is 5.75 Å². The molecule has 6 heteroatoms. The molecule has 2 heterocycles. The highest BCUT2D eigenvalue weighted by molar-refractivity contribution is 7.98. The number of imidazole rings is 1. The first-order valence-corrected chi connectivity index (χ1v) is 10.2. The van der Waals surface area contributed by atoms with Crippen LogP contribution in [0, 0.1) is 0 Å². The van der Waals surface area contributed by atoms with E-state index in [-0.39, 0.29) is 0 Å². The number of aryl methyl sites for hydroxylation is 1. The molecule has 0 spiro atoms. The smallest absolute Gasteiger partial charge is 0.167 e. The fourth-order valence-electron chi connectivity index (χ4n) is 3.38. The van der Waals surface area contributed by atoms with Crippen LogP contribution in [0.15, 0.2) is 41.8 Å². The number of unbranched alkanes of at least 4 members (excludes halogenated alkanes) is 1. The molecule has 1 aliphatic heterocycles. The first kappa shape index (κ1) is 18.1. The van der Waals surface area contributed by atoms with Gasteiger partial charge in [-0.15, -0.1) is 0 Å². The molecule has 0 saturated carbocycles. The summed E-state index contributed by atoms with van der Waals surface area (Å²) in [7, 11) is 1.75. The quantitative estimate of drug-likeness (QED) is 0.533. The van der Waals surface area contributed by atoms with E-state index in [1.54, 1.807) is 18.9 Å². The second-order valence-electron chi connectivity index (χ2n) is 6.31. The largest absolute Gasteiger partial charge is 0.495 e. The Morgan fingerprint density at radius 1 is 1.08 bits per heavy atom. The number of piperazine rings is 1. The molecule has 3 rings (SSSR count). The summed E-state index contributed by atoms with van der Waals surface area (Å²) in [5.74, 6) is 0.973. The highest BCUT2D eigenvalue weighted by atomic mass is 32.2. The van der Waals surface area contributed by atoms with Crippen LogP contribution in [0.5, 0.6) is 5.75 Å². The minimum absolute atomic E-state index is 0.973. The van der Waals surface area contributed by atoms with E-state index in [2.05, 4.69) is 43.9 Å². The Morgan fingerprint density at radius 2 is 1.84 bits per heavy atom. The molecule has 25 heavy (non-hydrogen) atoms. The van der Waals surface area contributed by atoms with Crippen molar-refractivity contribution in [3.8, 4) is 5.75 Å². The fraction of sp³-hybridized carbons (Fsp3) is 0.526. The second-order valence-corrected chi connectivity index (χ2v) is 7.09. The Bertz CT molecular complexity index is 652. The molecular formula is C19H28N4OS. The highest BCUT2D eigenvalue weighted by Crippen LogP contribution is 2.28. The predicted molar refractivity (Wildman–Crippen MR) is 105 cm³/mol. The van der Waals surface area contributed by atoms with Crippen molar-refractivity contribution in [2.75, 3.05) is 51.0 Å². The summed E-state index contributed by atoms with van der Waals surface area (Å²) < 4.78 is 7.75. The molecule has 0 atom stereocenters. The van der Waals surface area contributed by atoms with Gasteiger partial charge in [0.2, 0.25) is 0 Å². The fourth-order valence-corrected chi connectivity index (χ4v) is 3.93. The summed E-state index contributed by atoms with van der Waals surface area (Å²) in [6.45, 7) is 6.63. The van der Waals surface area contributed by atoms with Crippen molar-refractivity contribution in [1.29, 1.82) is 0 Å². The lowest BCUT2D eigenvalue weighted by molar-refractivity contribution is 0.250. The molecular weight excluding hydrogens is 332 g/mol. The van der Waals surface area contributed by atoms with E-state index in [0.29, 0.717) is 0 Å². The average molecular weight is 361 g/mol. The number of para-hydroxylation sites is 2. The Labute approximate surface area is 155 Å². The van der Waals surface area contributed by atoms with Crippen LogP contribution in [0.3, 0.4) is 0 Å². The number of aromatic nitrogens is 2. The SMILES string of the molecule is COc1ccccc1N1CCN(CCCCn2ccnc2SC)CC1. The third-order valence-corrected chi connectivity index (χ3v) is 5.49. The van der Waals surface area contributed by atoms with Gasteiger partial charge in [-0.1, -0.05) is 23.9 Å². The second kappa shape index (κ2) is 9.15. The van der Waals surface area contributed by atoms with E-state index >= 15 is 0 Å². The maximum Gasteiger partial charge on any atom is 0.167 e. The summed E-state index contributed by atoms with van der Waals surface area (Å²) in [6.07, 6.45) is 8.50. The molecule has 2 aromatic rings. The molecule has 0 bridgehead atoms. The monoisotopic (exact) mass is 360 g/mol. The van der Waals surface area contributed by atoms with E-state index in [1.165, 1.54) is 25.1 Å². The zero-order chi connectivity index (χ0) is 17.5. The molecule has 1 aliphatic rings. The molecule has 0 amide bonds. The Morgan fingerprint density at radius 3 is 2.60 bits per heavy atom. The topological polar surface area (TPSA) is 33.5 Å². The number of rotatable bonds is 8. The molecule has 0 radical (unpaired) electrons. The lowest BCUT2D eigenvalue weighted by Crippen LogP contribution is -2.46. The average Bonchev–Trinajstić information content (AvgIpc) is 3.13. The van der Waals surface area contributed by atoms with Crippen LogP contribution in [0.25, 0.3) is 0 Å². The van der Waals surface area contributed by atoms with E-state index in [4.69, 9.17) is 4.74 Å². The zero-order valence-electron chi connectivity index (χ0n) is 15.2. The number of methoxy groups -OCH3 is 1. The number of anilines is 1. The van der Waals surface area contributed by atoms with Gasteiger partial charge in [0.25, 0.3) is 0 Å². The standard InChI is InChI=1S/C19H28N4OS/c1-24-18-8-4-3-7-17(18)22-15-13-21(14-16-22)10-5-6-11-23-12-9-20-19(23)25-2/h3-4,7-9,12H,5-6,10-11,13-16H2,1-2H3. The van der Waals surface area contributed by atoms with Crippen molar-refractivity contribution in [2.24, 2.45) is 0 Å². The predicted octanol–water partition coefficient (Wildman–Crippen LogP) is 3.22. The van der Waals surface area contributed by atoms with Crippen molar-refractivity contribution in [1.82, 2.24) is 14.5 Å². The van der Waals surface area contributed by atoms with Crippen molar-refractivity contribution in [2.45, 2.75) is 24.5 Å². The van der Waals surface area contributed by atoms with Gasteiger partial charge in [0.05, 0.1) is 12.8 Å². The molecule has 0 aliphatic carbocycles. The number of ether oxygens (including phenoxy) is 1. The van der Waals surface area contributed by atoms with Gasteiger partial charge < -0.3 is 14.2 Å². The normalized spacial score (nSPS) is 15.5. The molecule has 1 fully saturated rings. The van der Waals surface area contributed by atoms with E-state index in [1.807, 2.05) is 18.3 Å². The number of hydrogen-bond donors (Lipinski definition) is 0. The maximum absolute atomic E-state index is 5.49. The van der Waals surface area contributed by atoms with Crippen molar-refractivity contribution in [3.63, 3.8) is 0 Å². The number of benzene rings is 1. The number of nitrogens with zero attached hydrogens (tertiary/aromatic N) is 4. The van der Waals surface area contributed by atoms with Crippen molar-refractivity contribution >= 4 is 17.4 Å². The number of thioether (sulfide) groups is 1. The van der Waals surface area contributed by atoms with Crippen LogP contribution < -0.4 is 9.64 Å². The van der Waals surface area contributed by atoms with Crippen LogP contribution in [-0.4, -0.2) is 60.5 Å². The van der Waals surface area contributed by atoms with Crippen LogP contribution in [0.1, 0.15) is 12.8 Å². The van der Waals surface area contributed by atoms with Gasteiger partial charge in [-0.3, -0.25) is 4.90 Å². The van der Waals surface area contributed by atoms with E-state index < -0.39 is 0 Å². The number of hydrogen-bond acceptors (Lipinski definition) is 5. The lowest BCUT2D eigenvalue weighted by Gasteiger charge is -2.36. The van der Waals surface area contributed by atoms with Gasteiger partial charge in [0.15, 0.2) is 5.16 Å². The van der Waals surface area contributed by atoms with Crippen LogP contribution in [-0.2, 0) is 6.54 Å². The van der Waals surface area contributed by atoms with Gasteiger partial charge in [-0.25, -0.2) is 4.98 Å². The van der Waals surface area contributed by atoms with Crippen LogP contribution in [0.4, 0.5) is 5.69 Å². The van der Waals surface area contributed by atoms with E-state index in [0.717, 1.165) is 43.6 Å². The van der Waals surface area contributed by atoms with Gasteiger partial charge in [-0.05, 0) is 37.8 Å². The molecule has 0 N–H and O–H groups in total. The Hall–Kier alpha value is -1.66. The first-order chi connectivity index (χ1) is 12.3. The molecule has 136 valence electrons. The van der Waals surface area contributed by atoms with Crippen molar-refractivity contribution in [3.05, 3.63) is 36.7 Å². The van der Waals surface area contributed by atoms with Gasteiger partial charge >= 0.3 is 0 Å². The van der Waals surface area contributed by atoms with Crippen LogP contribution in [0.2, 0.25) is 0 Å². The third kappa shape index (κ3) is 4.70. The maximum atomic E-state index is 5.49. The summed E-state index contributed by atoms with van der Waals surface area (Å²) in [5.41, 5.74) is 1.22. The Kier molecular flexibility index (Phi) is 6.64. The lowest BCUT2D eigenvalue weighted by atomic mass is 10.2. The summed E-state index contributed by atoms with van der Waals surface area (Å²) in [6, 6.07) is 8.31. The van der Waals surface area contributed by atoms with Gasteiger partial charge in [-0.2, -0.15) is 0 Å². The third-order valence-electron chi connectivity index (χ3n) is 4.78. The minimum atomic E-state index is 0.973. The van der Waals surface area contributed by atoms with E-state index in [9.17, 15) is 0 Å². The summed E-state index contributed by atoms with van der Waals surface area (Å²) in [4.78, 5) is 9.37. The minimum Gasteiger partial charge on any atom is -0.495 e. The molecule has 0 unspecified atom stereocenters. The van der Waals surface area contributed by atoms with Gasteiger partial charge in [0, 0.05) is 45.1 Å². The summed E-state index contributed by atoms with van der Waals surface area (Å²) in [5, 5.41) is 1.12. The van der Waals surface area contributed by atoms with Crippen molar-refractivity contribution < 1.29 is 4.74 Å². The summed E-state index contributed by atoms with van der Waals surface area (Å²) >= 11 is 1.71.